The van der Waals surface area contributed by atoms with Crippen LogP contribution in [0.15, 0.2) is 18.2 Å². The Bertz CT molecular complexity index is 504. The lowest BCUT2D eigenvalue weighted by atomic mass is 10.1. The molecule has 1 aromatic carbocycles. The van der Waals surface area contributed by atoms with Gasteiger partial charge in [0, 0.05) is 18.2 Å². The van der Waals surface area contributed by atoms with Crippen molar-refractivity contribution in [3.8, 4) is 0 Å². The summed E-state index contributed by atoms with van der Waals surface area (Å²) in [5, 5.41) is 31.1. The number of amides is 1. The Morgan fingerprint density at radius 3 is 2.68 bits per heavy atom. The summed E-state index contributed by atoms with van der Waals surface area (Å²) in [6, 6.07) is 3.55. The standard InChI is InChI=1S/C11H13ClN2O5/c1-11(17,6-15)5-13-10(16)7-2-3-9(14(18)19)8(12)4-7/h2-4,15,17H,5-6H2,1H3,(H,13,16). The van der Waals surface area contributed by atoms with Crippen molar-refractivity contribution in [2.75, 3.05) is 13.2 Å². The highest BCUT2D eigenvalue weighted by molar-refractivity contribution is 6.33. The minimum Gasteiger partial charge on any atom is -0.393 e. The van der Waals surface area contributed by atoms with E-state index in [1.54, 1.807) is 0 Å². The van der Waals surface area contributed by atoms with Crippen molar-refractivity contribution in [3.63, 3.8) is 0 Å². The predicted molar refractivity (Wildman–Crippen MR) is 68.1 cm³/mol. The number of nitro benzene ring substituents is 1. The Morgan fingerprint density at radius 1 is 1.58 bits per heavy atom. The van der Waals surface area contributed by atoms with Gasteiger partial charge in [0.1, 0.15) is 10.6 Å². The van der Waals surface area contributed by atoms with Crippen LogP contribution >= 0.6 is 11.6 Å². The summed E-state index contributed by atoms with van der Waals surface area (Å²) in [6.45, 7) is 0.696. The maximum atomic E-state index is 11.7. The number of hydrogen-bond acceptors (Lipinski definition) is 5. The van der Waals surface area contributed by atoms with Crippen molar-refractivity contribution >= 4 is 23.2 Å². The van der Waals surface area contributed by atoms with Crippen molar-refractivity contribution in [1.29, 1.82) is 0 Å². The number of carbonyl (C=O) groups is 1. The fraction of sp³-hybridized carbons (Fsp3) is 0.364. The second-order valence-electron chi connectivity index (χ2n) is 4.26. The molecule has 1 amide bonds. The number of nitrogens with zero attached hydrogens (tertiary/aromatic N) is 1. The number of aliphatic hydroxyl groups excluding tert-OH is 1. The first-order valence-corrected chi connectivity index (χ1v) is 5.70. The molecule has 0 saturated heterocycles. The van der Waals surface area contributed by atoms with Crippen LogP contribution in [0.1, 0.15) is 17.3 Å². The molecule has 1 atom stereocenters. The molecule has 0 aliphatic carbocycles. The van der Waals surface area contributed by atoms with Gasteiger partial charge in [-0.15, -0.1) is 0 Å². The Morgan fingerprint density at radius 2 is 2.21 bits per heavy atom. The summed E-state index contributed by atoms with van der Waals surface area (Å²) in [4.78, 5) is 21.6. The average Bonchev–Trinajstić information content (AvgIpc) is 2.35. The molecule has 0 aliphatic rings. The Kier molecular flexibility index (Phi) is 4.82. The number of carbonyl (C=O) groups excluding carboxylic acids is 1. The quantitative estimate of drug-likeness (QED) is 0.546. The van der Waals surface area contributed by atoms with Gasteiger partial charge in [-0.2, -0.15) is 0 Å². The van der Waals surface area contributed by atoms with Gasteiger partial charge >= 0.3 is 0 Å². The molecular weight excluding hydrogens is 276 g/mol. The molecule has 0 saturated carbocycles. The van der Waals surface area contributed by atoms with E-state index in [0.717, 1.165) is 6.07 Å². The number of rotatable bonds is 5. The molecule has 1 aromatic rings. The molecule has 0 radical (unpaired) electrons. The first-order valence-electron chi connectivity index (χ1n) is 5.32. The summed E-state index contributed by atoms with van der Waals surface area (Å²) in [5.74, 6) is -0.550. The molecule has 3 N–H and O–H groups in total. The highest BCUT2D eigenvalue weighted by atomic mass is 35.5. The maximum Gasteiger partial charge on any atom is 0.287 e. The van der Waals surface area contributed by atoms with Crippen LogP contribution in [0.25, 0.3) is 0 Å². The van der Waals surface area contributed by atoms with Gasteiger partial charge in [-0.3, -0.25) is 14.9 Å². The summed E-state index contributed by atoms with van der Waals surface area (Å²) < 4.78 is 0. The molecule has 8 heteroatoms. The lowest BCUT2D eigenvalue weighted by molar-refractivity contribution is -0.384. The molecule has 0 aliphatic heterocycles. The van der Waals surface area contributed by atoms with Gasteiger partial charge in [-0.1, -0.05) is 11.6 Å². The molecule has 7 nitrogen and oxygen atoms in total. The Hall–Kier alpha value is -1.70. The van der Waals surface area contributed by atoms with Crippen LogP contribution in [0.2, 0.25) is 5.02 Å². The first-order chi connectivity index (χ1) is 8.76. The predicted octanol–water partition coefficient (Wildman–Crippen LogP) is 0.721. The molecule has 0 spiro atoms. The highest BCUT2D eigenvalue weighted by Gasteiger charge is 2.21. The second-order valence-corrected chi connectivity index (χ2v) is 4.67. The van der Waals surface area contributed by atoms with Gasteiger partial charge < -0.3 is 15.5 Å². The van der Waals surface area contributed by atoms with E-state index in [4.69, 9.17) is 16.7 Å². The van der Waals surface area contributed by atoms with Crippen molar-refractivity contribution in [3.05, 3.63) is 38.9 Å². The molecular formula is C11H13ClN2O5. The SMILES string of the molecule is CC(O)(CO)CNC(=O)c1ccc([N+](=O)[O-])c(Cl)c1. The van der Waals surface area contributed by atoms with Crippen molar-refractivity contribution in [1.82, 2.24) is 5.32 Å². The summed E-state index contributed by atoms with van der Waals surface area (Å²) in [6.07, 6.45) is 0. The third-order valence-corrected chi connectivity index (χ3v) is 2.68. The van der Waals surface area contributed by atoms with Gasteiger partial charge in [0.25, 0.3) is 11.6 Å². The minimum atomic E-state index is -1.43. The van der Waals surface area contributed by atoms with Crippen LogP contribution in [-0.4, -0.2) is 39.8 Å². The van der Waals surface area contributed by atoms with Crippen molar-refractivity contribution in [2.24, 2.45) is 0 Å². The van der Waals surface area contributed by atoms with Crippen LogP contribution in [0.4, 0.5) is 5.69 Å². The fourth-order valence-electron chi connectivity index (χ4n) is 1.22. The number of hydrogen-bond donors (Lipinski definition) is 3. The highest BCUT2D eigenvalue weighted by Crippen LogP contribution is 2.24. The summed E-state index contributed by atoms with van der Waals surface area (Å²) in [5.41, 5.74) is -1.59. The van der Waals surface area contributed by atoms with Gasteiger partial charge in [0.2, 0.25) is 0 Å². The topological polar surface area (TPSA) is 113 Å². The summed E-state index contributed by atoms with van der Waals surface area (Å²) >= 11 is 5.67. The average molecular weight is 289 g/mol. The third-order valence-electron chi connectivity index (χ3n) is 2.38. The zero-order chi connectivity index (χ0) is 14.6. The van der Waals surface area contributed by atoms with Gasteiger partial charge in [0.05, 0.1) is 11.5 Å². The van der Waals surface area contributed by atoms with Gasteiger partial charge in [0.15, 0.2) is 0 Å². The Balaban J connectivity index is 2.79. The monoisotopic (exact) mass is 288 g/mol. The summed E-state index contributed by atoms with van der Waals surface area (Å²) in [7, 11) is 0. The number of aliphatic hydroxyl groups is 2. The maximum absolute atomic E-state index is 11.7. The van der Waals surface area contributed by atoms with E-state index < -0.39 is 23.0 Å². The molecule has 0 bridgehead atoms. The lowest BCUT2D eigenvalue weighted by Gasteiger charge is -2.20. The zero-order valence-electron chi connectivity index (χ0n) is 10.1. The minimum absolute atomic E-state index is 0.129. The third kappa shape index (κ3) is 4.16. The number of benzene rings is 1. The molecule has 0 fully saturated rings. The van der Waals surface area contributed by atoms with E-state index in [1.807, 2.05) is 0 Å². The van der Waals surface area contributed by atoms with E-state index in [2.05, 4.69) is 5.32 Å². The molecule has 0 heterocycles. The Labute approximate surface area is 114 Å². The van der Waals surface area contributed by atoms with Crippen molar-refractivity contribution in [2.45, 2.75) is 12.5 Å². The van der Waals surface area contributed by atoms with Crippen LogP contribution in [0.3, 0.4) is 0 Å². The van der Waals surface area contributed by atoms with E-state index in [9.17, 15) is 20.0 Å². The van der Waals surface area contributed by atoms with E-state index in [-0.39, 0.29) is 22.8 Å². The molecule has 1 rings (SSSR count). The molecule has 19 heavy (non-hydrogen) atoms. The normalized spacial score (nSPS) is 13.7. The van der Waals surface area contributed by atoms with Crippen LogP contribution in [-0.2, 0) is 0 Å². The van der Waals surface area contributed by atoms with Gasteiger partial charge in [-0.25, -0.2) is 0 Å². The van der Waals surface area contributed by atoms with Crippen molar-refractivity contribution < 1.29 is 19.9 Å². The lowest BCUT2D eigenvalue weighted by Crippen LogP contribution is -2.43. The van der Waals surface area contributed by atoms with E-state index in [1.165, 1.54) is 19.1 Å². The second kappa shape index (κ2) is 5.96. The van der Waals surface area contributed by atoms with Crippen LogP contribution in [0.5, 0.6) is 0 Å². The first kappa shape index (κ1) is 15.4. The van der Waals surface area contributed by atoms with Crippen LogP contribution in [0, 0.1) is 10.1 Å². The van der Waals surface area contributed by atoms with E-state index in [0.29, 0.717) is 0 Å². The number of nitrogens with one attached hydrogen (secondary N) is 1. The number of halogens is 1. The number of nitro groups is 1. The molecule has 1 unspecified atom stereocenters. The van der Waals surface area contributed by atoms with Crippen LogP contribution < -0.4 is 5.32 Å². The molecule has 0 aromatic heterocycles. The largest absolute Gasteiger partial charge is 0.393 e. The smallest absolute Gasteiger partial charge is 0.287 e. The van der Waals surface area contributed by atoms with E-state index >= 15 is 0 Å². The zero-order valence-corrected chi connectivity index (χ0v) is 10.8. The fourth-order valence-corrected chi connectivity index (χ4v) is 1.47. The van der Waals surface area contributed by atoms with Gasteiger partial charge in [-0.05, 0) is 19.1 Å². The molecule has 104 valence electrons.